The number of hydrogen-bond acceptors (Lipinski definition) is 3. The van der Waals surface area contributed by atoms with Gasteiger partial charge in [-0.15, -0.1) is 0 Å². The van der Waals surface area contributed by atoms with E-state index in [2.05, 4.69) is 5.32 Å². The number of aliphatic hydroxyl groups is 1. The first-order chi connectivity index (χ1) is 10.1. The van der Waals surface area contributed by atoms with Crippen LogP contribution in [0, 0.1) is 0 Å². The van der Waals surface area contributed by atoms with Gasteiger partial charge in [0.15, 0.2) is 0 Å². The fraction of sp³-hybridized carbons (Fsp3) is 0.500. The lowest BCUT2D eigenvalue weighted by Crippen LogP contribution is -2.51. The van der Waals surface area contributed by atoms with E-state index in [1.54, 1.807) is 36.1 Å². The molecule has 5 nitrogen and oxygen atoms in total. The summed E-state index contributed by atoms with van der Waals surface area (Å²) in [5.41, 5.74) is 0.538. The number of hydrogen-bond donors (Lipinski definition) is 2. The van der Waals surface area contributed by atoms with Crippen LogP contribution in [0.15, 0.2) is 30.3 Å². The fourth-order valence-electron chi connectivity index (χ4n) is 2.72. The first kappa shape index (κ1) is 15.5. The van der Waals surface area contributed by atoms with Crippen LogP contribution < -0.4 is 5.32 Å². The predicted octanol–water partition coefficient (Wildman–Crippen LogP) is 1.18. The molecule has 5 heteroatoms. The third kappa shape index (κ3) is 4.04. The largest absolute Gasteiger partial charge is 0.391 e. The quantitative estimate of drug-likeness (QED) is 0.875. The maximum absolute atomic E-state index is 12.2. The number of nitrogens with one attached hydrogen (secondary N) is 1. The van der Waals surface area contributed by atoms with Gasteiger partial charge >= 0.3 is 0 Å². The minimum absolute atomic E-state index is 0.0308. The summed E-state index contributed by atoms with van der Waals surface area (Å²) < 4.78 is 0. The average Bonchev–Trinajstić information content (AvgIpc) is 2.53. The summed E-state index contributed by atoms with van der Waals surface area (Å²) in [6.07, 6.45) is 2.24. The standard InChI is InChI=1S/C16H22N2O3/c1-12(19)14-9-5-6-10-18(14)15(20)11-17-16(21)13-7-3-2-4-8-13/h2-4,7-8,12,14,19H,5-6,9-11H2,1H3,(H,17,21)/t12-,14-/m1/s1. The Balaban J connectivity index is 1.90. The van der Waals surface area contributed by atoms with Gasteiger partial charge in [0, 0.05) is 12.1 Å². The Morgan fingerprint density at radius 3 is 2.71 bits per heavy atom. The van der Waals surface area contributed by atoms with Gasteiger partial charge in [-0.3, -0.25) is 9.59 Å². The molecule has 0 aliphatic carbocycles. The van der Waals surface area contributed by atoms with Crippen LogP contribution in [0.1, 0.15) is 36.5 Å². The molecule has 1 aromatic rings. The second-order valence-electron chi connectivity index (χ2n) is 5.44. The van der Waals surface area contributed by atoms with E-state index < -0.39 is 6.10 Å². The summed E-state index contributed by atoms with van der Waals surface area (Å²) in [5, 5.41) is 12.4. The molecule has 0 saturated carbocycles. The number of carbonyl (C=O) groups excluding carboxylic acids is 2. The van der Waals surface area contributed by atoms with Crippen molar-refractivity contribution in [3.8, 4) is 0 Å². The molecule has 2 atom stereocenters. The van der Waals surface area contributed by atoms with Crippen molar-refractivity contribution in [3.05, 3.63) is 35.9 Å². The van der Waals surface area contributed by atoms with E-state index in [0.717, 1.165) is 19.3 Å². The predicted molar refractivity (Wildman–Crippen MR) is 79.8 cm³/mol. The van der Waals surface area contributed by atoms with Crippen molar-refractivity contribution >= 4 is 11.8 Å². The molecular weight excluding hydrogens is 268 g/mol. The van der Waals surface area contributed by atoms with Crippen molar-refractivity contribution < 1.29 is 14.7 Å². The Morgan fingerprint density at radius 2 is 2.05 bits per heavy atom. The van der Waals surface area contributed by atoms with Gasteiger partial charge in [-0.05, 0) is 38.3 Å². The van der Waals surface area contributed by atoms with Gasteiger partial charge in [-0.1, -0.05) is 18.2 Å². The van der Waals surface area contributed by atoms with Crippen LogP contribution in [0.2, 0.25) is 0 Å². The molecule has 1 aliphatic rings. The molecule has 0 radical (unpaired) electrons. The second-order valence-corrected chi connectivity index (χ2v) is 5.44. The average molecular weight is 290 g/mol. The Morgan fingerprint density at radius 1 is 1.33 bits per heavy atom. The van der Waals surface area contributed by atoms with Gasteiger partial charge in [-0.2, -0.15) is 0 Å². The Labute approximate surface area is 125 Å². The Bertz CT molecular complexity index is 488. The molecule has 1 heterocycles. The van der Waals surface area contributed by atoms with E-state index in [9.17, 15) is 14.7 Å². The van der Waals surface area contributed by atoms with E-state index in [1.807, 2.05) is 6.07 Å². The molecule has 1 saturated heterocycles. The number of nitrogens with zero attached hydrogens (tertiary/aromatic N) is 1. The molecule has 2 amide bonds. The molecule has 1 aliphatic heterocycles. The molecule has 0 spiro atoms. The highest BCUT2D eigenvalue weighted by Gasteiger charge is 2.29. The third-order valence-electron chi connectivity index (χ3n) is 3.86. The molecule has 2 N–H and O–H groups in total. The lowest BCUT2D eigenvalue weighted by atomic mass is 9.98. The summed E-state index contributed by atoms with van der Waals surface area (Å²) in [6, 6.07) is 8.68. The molecule has 1 aromatic carbocycles. The van der Waals surface area contributed by atoms with Crippen LogP contribution in [0.4, 0.5) is 0 Å². The van der Waals surface area contributed by atoms with E-state index >= 15 is 0 Å². The summed E-state index contributed by atoms with van der Waals surface area (Å²) in [6.45, 7) is 2.32. The molecule has 0 aromatic heterocycles. The summed E-state index contributed by atoms with van der Waals surface area (Å²) in [5.74, 6) is -0.389. The number of rotatable bonds is 4. The van der Waals surface area contributed by atoms with Gasteiger partial charge in [0.05, 0.1) is 18.7 Å². The zero-order valence-corrected chi connectivity index (χ0v) is 12.3. The van der Waals surface area contributed by atoms with Crippen LogP contribution in [0.5, 0.6) is 0 Å². The molecule has 114 valence electrons. The zero-order chi connectivity index (χ0) is 15.2. The van der Waals surface area contributed by atoms with Crippen molar-refractivity contribution in [3.63, 3.8) is 0 Å². The number of likely N-dealkylation sites (tertiary alicyclic amines) is 1. The maximum Gasteiger partial charge on any atom is 0.251 e. The highest BCUT2D eigenvalue weighted by Crippen LogP contribution is 2.19. The van der Waals surface area contributed by atoms with Crippen LogP contribution in [0.3, 0.4) is 0 Å². The van der Waals surface area contributed by atoms with Gasteiger partial charge in [-0.25, -0.2) is 0 Å². The van der Waals surface area contributed by atoms with Gasteiger partial charge in [0.1, 0.15) is 0 Å². The van der Waals surface area contributed by atoms with Gasteiger partial charge < -0.3 is 15.3 Å². The fourth-order valence-corrected chi connectivity index (χ4v) is 2.72. The normalized spacial score (nSPS) is 19.9. The number of benzene rings is 1. The first-order valence-electron chi connectivity index (χ1n) is 7.40. The number of amides is 2. The summed E-state index contributed by atoms with van der Waals surface area (Å²) in [7, 11) is 0. The van der Waals surface area contributed by atoms with Crippen molar-refractivity contribution in [1.82, 2.24) is 10.2 Å². The molecule has 2 rings (SSSR count). The topological polar surface area (TPSA) is 69.6 Å². The summed E-state index contributed by atoms with van der Waals surface area (Å²) >= 11 is 0. The minimum Gasteiger partial charge on any atom is -0.391 e. The van der Waals surface area contributed by atoms with E-state index in [0.29, 0.717) is 12.1 Å². The van der Waals surface area contributed by atoms with Crippen molar-refractivity contribution in [2.45, 2.75) is 38.3 Å². The number of piperidine rings is 1. The van der Waals surface area contributed by atoms with Crippen molar-refractivity contribution in [2.75, 3.05) is 13.1 Å². The smallest absolute Gasteiger partial charge is 0.251 e. The lowest BCUT2D eigenvalue weighted by molar-refractivity contribution is -0.136. The second kappa shape index (κ2) is 7.22. The highest BCUT2D eigenvalue weighted by molar-refractivity contribution is 5.96. The van der Waals surface area contributed by atoms with Gasteiger partial charge in [0.25, 0.3) is 5.91 Å². The Kier molecular flexibility index (Phi) is 5.33. The molecule has 0 bridgehead atoms. The zero-order valence-electron chi connectivity index (χ0n) is 12.3. The molecular formula is C16H22N2O3. The van der Waals surface area contributed by atoms with E-state index in [1.165, 1.54) is 0 Å². The first-order valence-corrected chi connectivity index (χ1v) is 7.40. The van der Waals surface area contributed by atoms with Crippen LogP contribution in [0.25, 0.3) is 0 Å². The van der Waals surface area contributed by atoms with E-state index in [4.69, 9.17) is 0 Å². The minimum atomic E-state index is -0.543. The van der Waals surface area contributed by atoms with Crippen LogP contribution >= 0.6 is 0 Å². The highest BCUT2D eigenvalue weighted by atomic mass is 16.3. The van der Waals surface area contributed by atoms with Crippen LogP contribution in [-0.2, 0) is 4.79 Å². The third-order valence-corrected chi connectivity index (χ3v) is 3.86. The number of aliphatic hydroxyl groups excluding tert-OH is 1. The monoisotopic (exact) mass is 290 g/mol. The Hall–Kier alpha value is -1.88. The van der Waals surface area contributed by atoms with Gasteiger partial charge in [0.2, 0.25) is 5.91 Å². The van der Waals surface area contributed by atoms with Crippen LogP contribution in [-0.4, -0.2) is 47.1 Å². The number of carbonyl (C=O) groups is 2. The lowest BCUT2D eigenvalue weighted by Gasteiger charge is -2.37. The molecule has 21 heavy (non-hydrogen) atoms. The van der Waals surface area contributed by atoms with Crippen molar-refractivity contribution in [2.24, 2.45) is 0 Å². The SMILES string of the molecule is C[C@@H](O)[C@H]1CCCCN1C(=O)CNC(=O)c1ccccc1. The molecule has 1 fully saturated rings. The molecule has 0 unspecified atom stereocenters. The van der Waals surface area contributed by atoms with Crippen molar-refractivity contribution in [1.29, 1.82) is 0 Å². The van der Waals surface area contributed by atoms with E-state index in [-0.39, 0.29) is 24.4 Å². The summed E-state index contributed by atoms with van der Waals surface area (Å²) in [4.78, 5) is 25.9. The maximum atomic E-state index is 12.2.